The largest absolute Gasteiger partial charge is 0.481 e. The number of carboxylic acids is 1. The van der Waals surface area contributed by atoms with Crippen molar-refractivity contribution in [2.45, 2.75) is 32.6 Å². The van der Waals surface area contributed by atoms with Crippen LogP contribution in [0, 0.1) is 12.8 Å². The summed E-state index contributed by atoms with van der Waals surface area (Å²) in [4.78, 5) is 38.9. The summed E-state index contributed by atoms with van der Waals surface area (Å²) in [6.07, 6.45) is 2.36. The lowest BCUT2D eigenvalue weighted by atomic mass is 9.92. The lowest BCUT2D eigenvalue weighted by Gasteiger charge is -2.32. The number of hydrogen-bond donors (Lipinski definition) is 1. The molecule has 31 heavy (non-hydrogen) atoms. The van der Waals surface area contributed by atoms with Crippen LogP contribution in [-0.2, 0) is 4.79 Å². The Morgan fingerprint density at radius 1 is 1.06 bits per heavy atom. The van der Waals surface area contributed by atoms with Gasteiger partial charge in [0.2, 0.25) is 0 Å². The van der Waals surface area contributed by atoms with Crippen LogP contribution in [-0.4, -0.2) is 35.0 Å². The highest BCUT2D eigenvalue weighted by molar-refractivity contribution is 6.05. The van der Waals surface area contributed by atoms with Gasteiger partial charge in [0.15, 0.2) is 11.0 Å². The normalized spacial score (nSPS) is 14.7. The summed E-state index contributed by atoms with van der Waals surface area (Å²) in [6, 6.07) is 14.5. The van der Waals surface area contributed by atoms with Gasteiger partial charge in [0.05, 0.1) is 10.9 Å². The molecule has 160 valence electrons. The number of hydrogen-bond acceptors (Lipinski definition) is 4. The number of aliphatic carboxylic acids is 1. The molecule has 0 unspecified atom stereocenters. The summed E-state index contributed by atoms with van der Waals surface area (Å²) in [7, 11) is 0. The zero-order valence-electron chi connectivity index (χ0n) is 17.5. The van der Waals surface area contributed by atoms with Crippen molar-refractivity contribution in [2.24, 2.45) is 5.92 Å². The van der Waals surface area contributed by atoms with Crippen LogP contribution in [0.1, 0.15) is 41.6 Å². The molecule has 2 aromatic carbocycles. The second-order valence-corrected chi connectivity index (χ2v) is 8.10. The van der Waals surface area contributed by atoms with Crippen LogP contribution in [0.4, 0.5) is 0 Å². The molecule has 1 aromatic heterocycles. The van der Waals surface area contributed by atoms with Crippen molar-refractivity contribution in [3.05, 3.63) is 69.9 Å². The maximum absolute atomic E-state index is 13.3. The zero-order valence-corrected chi connectivity index (χ0v) is 17.5. The Labute approximate surface area is 180 Å². The fourth-order valence-electron chi connectivity index (χ4n) is 4.27. The first-order valence-corrected chi connectivity index (χ1v) is 10.6. The highest BCUT2D eigenvalue weighted by Crippen LogP contribution is 2.29. The Hall–Kier alpha value is -3.41. The van der Waals surface area contributed by atoms with Crippen molar-refractivity contribution in [3.8, 4) is 11.3 Å². The van der Waals surface area contributed by atoms with Crippen LogP contribution in [0.5, 0.6) is 0 Å². The molecule has 0 bridgehead atoms. The zero-order chi connectivity index (χ0) is 22.0. The Kier molecular flexibility index (Phi) is 5.89. The first-order valence-electron chi connectivity index (χ1n) is 10.6. The summed E-state index contributed by atoms with van der Waals surface area (Å²) >= 11 is 0. The molecule has 1 N–H and O–H groups in total. The molecule has 1 fully saturated rings. The predicted molar refractivity (Wildman–Crippen MR) is 118 cm³/mol. The number of amides is 1. The van der Waals surface area contributed by atoms with Gasteiger partial charge in [-0.25, -0.2) is 0 Å². The van der Waals surface area contributed by atoms with E-state index < -0.39 is 5.97 Å². The van der Waals surface area contributed by atoms with Crippen LogP contribution in [0.25, 0.3) is 22.3 Å². The molecular weight excluding hydrogens is 394 g/mol. The van der Waals surface area contributed by atoms with Gasteiger partial charge in [-0.15, -0.1) is 0 Å². The van der Waals surface area contributed by atoms with E-state index in [0.717, 1.165) is 18.4 Å². The molecule has 4 rings (SSSR count). The molecule has 1 saturated heterocycles. The number of fused-ring (bicyclic) bond motifs is 1. The van der Waals surface area contributed by atoms with E-state index in [2.05, 4.69) is 0 Å². The molecule has 0 atom stereocenters. The van der Waals surface area contributed by atoms with E-state index in [0.29, 0.717) is 53.3 Å². The lowest BCUT2D eigenvalue weighted by Crippen LogP contribution is -2.38. The van der Waals surface area contributed by atoms with Crippen LogP contribution in [0.3, 0.4) is 0 Å². The van der Waals surface area contributed by atoms with Crippen molar-refractivity contribution in [2.75, 3.05) is 13.1 Å². The van der Waals surface area contributed by atoms with Gasteiger partial charge < -0.3 is 14.4 Å². The molecule has 6 nitrogen and oxygen atoms in total. The molecule has 0 spiro atoms. The molecule has 6 heteroatoms. The molecule has 2 heterocycles. The van der Waals surface area contributed by atoms with Gasteiger partial charge in [0, 0.05) is 30.6 Å². The molecule has 1 aliphatic rings. The van der Waals surface area contributed by atoms with Crippen molar-refractivity contribution < 1.29 is 19.1 Å². The van der Waals surface area contributed by atoms with Gasteiger partial charge in [-0.05, 0) is 44.2 Å². The van der Waals surface area contributed by atoms with Gasteiger partial charge in [0.1, 0.15) is 5.76 Å². The second-order valence-electron chi connectivity index (χ2n) is 8.10. The van der Waals surface area contributed by atoms with E-state index in [4.69, 9.17) is 9.52 Å². The van der Waals surface area contributed by atoms with E-state index in [1.165, 1.54) is 0 Å². The predicted octanol–water partition coefficient (Wildman–Crippen LogP) is 4.49. The van der Waals surface area contributed by atoms with Gasteiger partial charge >= 0.3 is 5.97 Å². The molecule has 3 aromatic rings. The third kappa shape index (κ3) is 4.24. The smallest absolute Gasteiger partial charge is 0.303 e. The molecule has 1 aliphatic heterocycles. The molecule has 0 saturated carbocycles. The summed E-state index contributed by atoms with van der Waals surface area (Å²) in [6.45, 7) is 2.88. The number of carbonyl (C=O) groups excluding carboxylic acids is 1. The summed E-state index contributed by atoms with van der Waals surface area (Å²) in [5.41, 5.74) is 1.87. The number of benzene rings is 2. The maximum atomic E-state index is 13.3. The number of para-hydroxylation sites is 1. The van der Waals surface area contributed by atoms with E-state index >= 15 is 0 Å². The Morgan fingerprint density at radius 2 is 1.77 bits per heavy atom. The topological polar surface area (TPSA) is 87.8 Å². The minimum Gasteiger partial charge on any atom is -0.481 e. The fourth-order valence-corrected chi connectivity index (χ4v) is 4.27. The molecular formula is C25H25NO5. The maximum Gasteiger partial charge on any atom is 0.303 e. The highest BCUT2D eigenvalue weighted by atomic mass is 16.4. The van der Waals surface area contributed by atoms with Gasteiger partial charge in [-0.3, -0.25) is 14.4 Å². The van der Waals surface area contributed by atoms with Crippen molar-refractivity contribution >= 4 is 22.8 Å². The molecule has 0 radical (unpaired) electrons. The number of piperidine rings is 1. The minimum atomic E-state index is -0.784. The van der Waals surface area contributed by atoms with Crippen LogP contribution in [0.15, 0.2) is 57.7 Å². The quantitative estimate of drug-likeness (QED) is 0.659. The van der Waals surface area contributed by atoms with Crippen LogP contribution < -0.4 is 5.43 Å². The van der Waals surface area contributed by atoms with Crippen LogP contribution in [0.2, 0.25) is 0 Å². The number of rotatable bonds is 5. The first-order chi connectivity index (χ1) is 15.0. The average molecular weight is 419 g/mol. The van der Waals surface area contributed by atoms with E-state index in [9.17, 15) is 14.4 Å². The monoisotopic (exact) mass is 419 g/mol. The Bertz CT molecular complexity index is 1170. The number of carboxylic acid groups (broad SMARTS) is 1. The van der Waals surface area contributed by atoms with Crippen LogP contribution >= 0.6 is 0 Å². The highest BCUT2D eigenvalue weighted by Gasteiger charge is 2.26. The number of likely N-dealkylation sites (tertiary alicyclic amines) is 1. The van der Waals surface area contributed by atoms with E-state index in [1.807, 2.05) is 30.3 Å². The number of nitrogens with zero attached hydrogens (tertiary/aromatic N) is 1. The van der Waals surface area contributed by atoms with E-state index in [-0.39, 0.29) is 17.8 Å². The van der Waals surface area contributed by atoms with Crippen molar-refractivity contribution in [1.82, 2.24) is 4.90 Å². The summed E-state index contributed by atoms with van der Waals surface area (Å²) in [5.74, 6) is -0.147. The second kappa shape index (κ2) is 8.76. The third-order valence-corrected chi connectivity index (χ3v) is 6.08. The fraction of sp³-hybridized carbons (Fsp3) is 0.320. The van der Waals surface area contributed by atoms with Gasteiger partial charge in [-0.2, -0.15) is 0 Å². The first kappa shape index (κ1) is 20.8. The lowest BCUT2D eigenvalue weighted by molar-refractivity contribution is -0.137. The Morgan fingerprint density at radius 3 is 2.45 bits per heavy atom. The third-order valence-electron chi connectivity index (χ3n) is 6.08. The number of carbonyl (C=O) groups is 2. The molecule has 0 aliphatic carbocycles. The molecule has 1 amide bonds. The van der Waals surface area contributed by atoms with Crippen molar-refractivity contribution in [3.63, 3.8) is 0 Å². The SMILES string of the molecule is Cc1c(-c2ccccc2)oc2c(C(=O)N3CCC(CCC(=O)O)CC3)cccc2c1=O. The summed E-state index contributed by atoms with van der Waals surface area (Å²) in [5, 5.41) is 9.28. The van der Waals surface area contributed by atoms with Gasteiger partial charge in [0.25, 0.3) is 5.91 Å². The van der Waals surface area contributed by atoms with Gasteiger partial charge in [-0.1, -0.05) is 36.4 Å². The Balaban J connectivity index is 1.65. The van der Waals surface area contributed by atoms with Crippen molar-refractivity contribution in [1.29, 1.82) is 0 Å². The summed E-state index contributed by atoms with van der Waals surface area (Å²) < 4.78 is 6.18. The standard InChI is InChI=1S/C25H25NO5/c1-16-22(29)19-8-5-9-20(24(19)31-23(16)18-6-3-2-4-7-18)25(30)26-14-12-17(13-15-26)10-11-21(27)28/h2-9,17H,10-15H2,1H3,(H,27,28). The average Bonchev–Trinajstić information content (AvgIpc) is 2.80. The van der Waals surface area contributed by atoms with E-state index in [1.54, 1.807) is 30.0 Å². The minimum absolute atomic E-state index is 0.137.